The molecule has 1 N–H and O–H groups in total. The first-order chi connectivity index (χ1) is 14.7. The Bertz CT molecular complexity index is 1210. The number of benzene rings is 1. The molecular weight excluding hydrogens is 404 g/mol. The maximum absolute atomic E-state index is 13.3. The zero-order chi connectivity index (χ0) is 21.8. The number of amides is 1. The van der Waals surface area contributed by atoms with E-state index in [1.807, 2.05) is 32.0 Å². The lowest BCUT2D eigenvalue weighted by atomic mass is 9.94. The number of carbonyl (C=O) groups is 1. The molecule has 5 rings (SSSR count). The molecule has 1 aliphatic carbocycles. The maximum Gasteiger partial charge on any atom is 0.586 e. The normalized spacial score (nSPS) is 17.3. The number of ether oxygens (including phenoxy) is 2. The Morgan fingerprint density at radius 3 is 2.55 bits per heavy atom. The molecule has 1 saturated carbocycles. The van der Waals surface area contributed by atoms with Crippen molar-refractivity contribution < 1.29 is 23.0 Å². The maximum atomic E-state index is 13.3. The number of pyridine rings is 2. The highest BCUT2D eigenvalue weighted by Crippen LogP contribution is 2.52. The third-order valence-electron chi connectivity index (χ3n) is 5.54. The Balaban J connectivity index is 1.41. The van der Waals surface area contributed by atoms with E-state index in [9.17, 15) is 13.6 Å². The predicted octanol–water partition coefficient (Wildman–Crippen LogP) is 4.75. The lowest BCUT2D eigenvalue weighted by Crippen LogP contribution is -2.28. The Hall–Kier alpha value is -3.55. The summed E-state index contributed by atoms with van der Waals surface area (Å²) >= 11 is 0. The minimum Gasteiger partial charge on any atom is -0.395 e. The number of nitrogens with one attached hydrogen (secondary N) is 1. The van der Waals surface area contributed by atoms with Gasteiger partial charge < -0.3 is 14.8 Å². The zero-order valence-corrected chi connectivity index (χ0v) is 16.9. The van der Waals surface area contributed by atoms with Crippen LogP contribution >= 0.6 is 0 Å². The summed E-state index contributed by atoms with van der Waals surface area (Å²) in [6.07, 6.45) is -0.753. The number of fused-ring (bicyclic) bond motifs is 1. The number of halogens is 2. The standard InChI is InChI=1S/C23H19F2N3O3/c1-13-9-17(15-5-8-26-14(2)11-15)27-20(10-13)28-21(29)22(6-7-22)16-3-4-18-19(12-16)31-23(24,25)30-18/h3-5,8-12H,6-7H2,1-2H3,(H,27,28,29). The third kappa shape index (κ3) is 3.58. The number of anilines is 1. The van der Waals surface area contributed by atoms with Crippen molar-refractivity contribution in [1.82, 2.24) is 9.97 Å². The van der Waals surface area contributed by atoms with Gasteiger partial charge in [-0.1, -0.05) is 6.07 Å². The van der Waals surface area contributed by atoms with Crippen LogP contribution in [0.1, 0.15) is 29.7 Å². The van der Waals surface area contributed by atoms with Gasteiger partial charge in [0.05, 0.1) is 11.1 Å². The van der Waals surface area contributed by atoms with Crippen molar-refractivity contribution in [3.8, 4) is 22.8 Å². The second-order valence-corrected chi connectivity index (χ2v) is 7.97. The summed E-state index contributed by atoms with van der Waals surface area (Å²) in [5, 5.41) is 2.91. The fourth-order valence-electron chi connectivity index (χ4n) is 3.84. The van der Waals surface area contributed by atoms with Gasteiger partial charge in [0.2, 0.25) is 5.91 Å². The van der Waals surface area contributed by atoms with E-state index in [-0.39, 0.29) is 17.4 Å². The molecular formula is C23H19F2N3O3. The zero-order valence-electron chi connectivity index (χ0n) is 16.9. The van der Waals surface area contributed by atoms with Crippen LogP contribution in [0.25, 0.3) is 11.3 Å². The quantitative estimate of drug-likeness (QED) is 0.656. The highest BCUT2D eigenvalue weighted by molar-refractivity contribution is 6.01. The number of rotatable bonds is 4. The van der Waals surface area contributed by atoms with Gasteiger partial charge in [0.25, 0.3) is 0 Å². The molecule has 2 aliphatic rings. The minimum absolute atomic E-state index is 0.0393. The van der Waals surface area contributed by atoms with Crippen molar-refractivity contribution >= 4 is 11.7 Å². The largest absolute Gasteiger partial charge is 0.586 e. The number of carbonyl (C=O) groups excluding carboxylic acids is 1. The second-order valence-electron chi connectivity index (χ2n) is 7.97. The lowest BCUT2D eigenvalue weighted by molar-refractivity contribution is -0.286. The van der Waals surface area contributed by atoms with Gasteiger partial charge >= 0.3 is 6.29 Å². The van der Waals surface area contributed by atoms with Gasteiger partial charge in [-0.2, -0.15) is 0 Å². The number of nitrogens with zero attached hydrogens (tertiary/aromatic N) is 2. The van der Waals surface area contributed by atoms with Crippen LogP contribution in [0.2, 0.25) is 0 Å². The van der Waals surface area contributed by atoms with E-state index in [0.29, 0.717) is 24.2 Å². The molecule has 0 atom stereocenters. The molecule has 2 aromatic heterocycles. The Morgan fingerprint density at radius 2 is 1.81 bits per heavy atom. The molecule has 1 aliphatic heterocycles. The summed E-state index contributed by atoms with van der Waals surface area (Å²) in [7, 11) is 0. The van der Waals surface area contributed by atoms with Gasteiger partial charge in [-0.05, 0) is 74.2 Å². The molecule has 3 aromatic rings. The summed E-state index contributed by atoms with van der Waals surface area (Å²) in [5.41, 5.74) is 3.28. The van der Waals surface area contributed by atoms with E-state index in [2.05, 4.69) is 24.8 Å². The van der Waals surface area contributed by atoms with Crippen LogP contribution in [-0.4, -0.2) is 22.2 Å². The molecule has 1 amide bonds. The van der Waals surface area contributed by atoms with E-state index >= 15 is 0 Å². The minimum atomic E-state index is -3.69. The average molecular weight is 423 g/mol. The first kappa shape index (κ1) is 19.4. The van der Waals surface area contributed by atoms with Crippen LogP contribution in [0, 0.1) is 13.8 Å². The number of hydrogen-bond acceptors (Lipinski definition) is 5. The number of aryl methyl sites for hydroxylation is 2. The van der Waals surface area contributed by atoms with Crippen molar-refractivity contribution in [2.24, 2.45) is 0 Å². The van der Waals surface area contributed by atoms with Crippen molar-refractivity contribution in [2.75, 3.05) is 5.32 Å². The number of aromatic nitrogens is 2. The highest BCUT2D eigenvalue weighted by Gasteiger charge is 2.53. The van der Waals surface area contributed by atoms with E-state index in [0.717, 1.165) is 22.5 Å². The molecule has 0 bridgehead atoms. The van der Waals surface area contributed by atoms with Crippen molar-refractivity contribution in [3.63, 3.8) is 0 Å². The Morgan fingerprint density at radius 1 is 1.03 bits per heavy atom. The van der Waals surface area contributed by atoms with Gasteiger partial charge in [-0.3, -0.25) is 9.78 Å². The topological polar surface area (TPSA) is 73.3 Å². The molecule has 1 aromatic carbocycles. The summed E-state index contributed by atoms with van der Waals surface area (Å²) < 4.78 is 35.6. The molecule has 0 spiro atoms. The fourth-order valence-corrected chi connectivity index (χ4v) is 3.84. The summed E-state index contributed by atoms with van der Waals surface area (Å²) in [4.78, 5) is 22.0. The predicted molar refractivity (Wildman–Crippen MR) is 109 cm³/mol. The van der Waals surface area contributed by atoms with E-state index in [1.54, 1.807) is 18.3 Å². The van der Waals surface area contributed by atoms with Gasteiger partial charge in [0.15, 0.2) is 11.5 Å². The van der Waals surface area contributed by atoms with Crippen LogP contribution in [-0.2, 0) is 10.2 Å². The summed E-state index contributed by atoms with van der Waals surface area (Å²) in [6.45, 7) is 3.83. The fraction of sp³-hybridized carbons (Fsp3) is 0.261. The molecule has 6 nitrogen and oxygen atoms in total. The van der Waals surface area contributed by atoms with Crippen LogP contribution in [0.4, 0.5) is 14.6 Å². The number of hydrogen-bond donors (Lipinski definition) is 1. The molecule has 8 heteroatoms. The monoisotopic (exact) mass is 423 g/mol. The van der Waals surface area contributed by atoms with Gasteiger partial charge in [-0.25, -0.2) is 4.98 Å². The SMILES string of the molecule is Cc1cc(NC(=O)C2(c3ccc4c(c3)OC(F)(F)O4)CC2)nc(-c2ccnc(C)c2)c1. The van der Waals surface area contributed by atoms with Crippen LogP contribution < -0.4 is 14.8 Å². The van der Waals surface area contributed by atoms with Crippen LogP contribution in [0.5, 0.6) is 11.5 Å². The molecule has 31 heavy (non-hydrogen) atoms. The van der Waals surface area contributed by atoms with Crippen molar-refractivity contribution in [3.05, 3.63) is 65.5 Å². The smallest absolute Gasteiger partial charge is 0.395 e. The first-order valence-electron chi connectivity index (χ1n) is 9.88. The Kier molecular flexibility index (Phi) is 4.22. The van der Waals surface area contributed by atoms with Crippen molar-refractivity contribution in [1.29, 1.82) is 0 Å². The average Bonchev–Trinajstić information content (AvgIpc) is 3.45. The third-order valence-corrected chi connectivity index (χ3v) is 5.54. The van der Waals surface area contributed by atoms with Crippen LogP contribution in [0.15, 0.2) is 48.7 Å². The highest BCUT2D eigenvalue weighted by atomic mass is 19.3. The molecule has 0 radical (unpaired) electrons. The Labute approximate surface area is 177 Å². The summed E-state index contributed by atoms with van der Waals surface area (Å²) in [6, 6.07) is 12.0. The molecule has 3 heterocycles. The van der Waals surface area contributed by atoms with E-state index < -0.39 is 11.7 Å². The second kappa shape index (κ2) is 6.73. The first-order valence-corrected chi connectivity index (χ1v) is 9.88. The van der Waals surface area contributed by atoms with Gasteiger partial charge in [-0.15, -0.1) is 8.78 Å². The lowest BCUT2D eigenvalue weighted by Gasteiger charge is -2.16. The van der Waals surface area contributed by atoms with Gasteiger partial charge in [0, 0.05) is 17.5 Å². The van der Waals surface area contributed by atoms with Crippen LogP contribution in [0.3, 0.4) is 0 Å². The van der Waals surface area contributed by atoms with E-state index in [1.165, 1.54) is 12.1 Å². The molecule has 0 unspecified atom stereocenters. The molecule has 0 saturated heterocycles. The van der Waals surface area contributed by atoms with Crippen molar-refractivity contribution in [2.45, 2.75) is 38.4 Å². The number of alkyl halides is 2. The van der Waals surface area contributed by atoms with E-state index in [4.69, 9.17) is 0 Å². The van der Waals surface area contributed by atoms with Gasteiger partial charge in [0.1, 0.15) is 5.82 Å². The molecule has 1 fully saturated rings. The summed E-state index contributed by atoms with van der Waals surface area (Å²) in [5.74, 6) is 0.106. The molecule has 158 valence electrons.